The van der Waals surface area contributed by atoms with Crippen molar-refractivity contribution >= 4 is 5.97 Å². The summed E-state index contributed by atoms with van der Waals surface area (Å²) in [6.45, 7) is 0.364. The van der Waals surface area contributed by atoms with Gasteiger partial charge in [-0.05, 0) is 42.0 Å². The van der Waals surface area contributed by atoms with E-state index in [0.717, 1.165) is 5.56 Å². The summed E-state index contributed by atoms with van der Waals surface area (Å²) >= 11 is 0. The fraction of sp³-hybridized carbons (Fsp3) is 0.269. The fourth-order valence-corrected chi connectivity index (χ4v) is 3.48. The van der Waals surface area contributed by atoms with E-state index in [1.54, 1.807) is 55.6 Å². The van der Waals surface area contributed by atoms with Crippen LogP contribution < -0.4 is 9.47 Å². The summed E-state index contributed by atoms with van der Waals surface area (Å²) < 4.78 is 28.4. The van der Waals surface area contributed by atoms with E-state index in [-0.39, 0.29) is 13.2 Å². The highest BCUT2D eigenvalue weighted by atomic mass is 16.7. The molecule has 0 unspecified atom stereocenters. The third kappa shape index (κ3) is 5.90. The highest BCUT2D eigenvalue weighted by Crippen LogP contribution is 2.26. The molecule has 0 amide bonds. The second-order valence-electron chi connectivity index (χ2n) is 7.56. The lowest BCUT2D eigenvalue weighted by atomic mass is 10.0. The van der Waals surface area contributed by atoms with Crippen LogP contribution in [0.25, 0.3) is 0 Å². The van der Waals surface area contributed by atoms with Gasteiger partial charge in [0.05, 0.1) is 25.9 Å². The van der Waals surface area contributed by atoms with Crippen molar-refractivity contribution in [3.8, 4) is 11.5 Å². The van der Waals surface area contributed by atoms with E-state index in [1.165, 1.54) is 0 Å². The Morgan fingerprint density at radius 2 is 1.58 bits per heavy atom. The van der Waals surface area contributed by atoms with Gasteiger partial charge in [0.2, 0.25) is 6.29 Å². The number of ether oxygens (including phenoxy) is 5. The molecule has 0 saturated carbocycles. The Labute approximate surface area is 192 Å². The number of hydrogen-bond acceptors (Lipinski definition) is 7. The van der Waals surface area contributed by atoms with Gasteiger partial charge < -0.3 is 28.8 Å². The van der Waals surface area contributed by atoms with Gasteiger partial charge in [0, 0.05) is 0 Å². The highest BCUT2D eigenvalue weighted by Gasteiger charge is 2.44. The molecule has 3 aromatic rings. The van der Waals surface area contributed by atoms with Crippen molar-refractivity contribution in [1.82, 2.24) is 0 Å². The van der Waals surface area contributed by atoms with Crippen LogP contribution in [-0.4, -0.2) is 49.4 Å². The van der Waals surface area contributed by atoms with Crippen molar-refractivity contribution in [2.24, 2.45) is 0 Å². The second kappa shape index (κ2) is 11.0. The van der Waals surface area contributed by atoms with E-state index >= 15 is 0 Å². The molecule has 172 valence electrons. The Morgan fingerprint density at radius 1 is 0.939 bits per heavy atom. The molecule has 1 aliphatic rings. The number of hydrogen-bond donors (Lipinski definition) is 1. The van der Waals surface area contributed by atoms with Crippen LogP contribution in [0.4, 0.5) is 0 Å². The number of benzene rings is 3. The Hall–Kier alpha value is -3.39. The average Bonchev–Trinajstić information content (AvgIpc) is 2.87. The zero-order valence-corrected chi connectivity index (χ0v) is 18.2. The molecule has 1 N–H and O–H groups in total. The van der Waals surface area contributed by atoms with Crippen LogP contribution in [0.1, 0.15) is 15.9 Å². The molecule has 33 heavy (non-hydrogen) atoms. The first kappa shape index (κ1) is 22.8. The molecule has 0 bridgehead atoms. The maximum Gasteiger partial charge on any atom is 0.338 e. The second-order valence-corrected chi connectivity index (χ2v) is 7.56. The Bertz CT molecular complexity index is 1010. The first-order valence-corrected chi connectivity index (χ1v) is 10.7. The molecule has 4 rings (SSSR count). The minimum atomic E-state index is -1.27. The van der Waals surface area contributed by atoms with Gasteiger partial charge in [0.15, 0.2) is 12.2 Å². The first-order chi connectivity index (χ1) is 16.1. The third-order valence-corrected chi connectivity index (χ3v) is 5.28. The number of carbonyl (C=O) groups is 1. The monoisotopic (exact) mass is 450 g/mol. The molecule has 1 heterocycles. The molecule has 3 aromatic carbocycles. The van der Waals surface area contributed by atoms with E-state index in [2.05, 4.69) is 0 Å². The van der Waals surface area contributed by atoms with Gasteiger partial charge in [-0.2, -0.15) is 0 Å². The summed E-state index contributed by atoms with van der Waals surface area (Å²) in [4.78, 5) is 12.7. The maximum absolute atomic E-state index is 12.7. The van der Waals surface area contributed by atoms with Crippen molar-refractivity contribution < 1.29 is 33.6 Å². The normalized spacial score (nSPS) is 22.4. The molecule has 4 atom stereocenters. The summed E-state index contributed by atoms with van der Waals surface area (Å²) in [5.74, 6) is 0.603. The predicted molar refractivity (Wildman–Crippen MR) is 120 cm³/mol. The van der Waals surface area contributed by atoms with Crippen LogP contribution >= 0.6 is 0 Å². The van der Waals surface area contributed by atoms with Gasteiger partial charge in [0.1, 0.15) is 17.6 Å². The summed E-state index contributed by atoms with van der Waals surface area (Å²) in [5.41, 5.74) is 1.34. The van der Waals surface area contributed by atoms with Crippen LogP contribution in [0.3, 0.4) is 0 Å². The quantitative estimate of drug-likeness (QED) is 0.525. The van der Waals surface area contributed by atoms with Gasteiger partial charge >= 0.3 is 5.97 Å². The smallest absolute Gasteiger partial charge is 0.338 e. The molecule has 7 nitrogen and oxygen atoms in total. The minimum absolute atomic E-state index is 0.0808. The molecular formula is C26H26O7. The van der Waals surface area contributed by atoms with E-state index < -0.39 is 30.6 Å². The molecule has 0 aromatic heterocycles. The van der Waals surface area contributed by atoms with Crippen molar-refractivity contribution in [2.75, 3.05) is 13.7 Å². The van der Waals surface area contributed by atoms with E-state index in [1.807, 2.05) is 36.4 Å². The Morgan fingerprint density at radius 3 is 2.24 bits per heavy atom. The molecule has 1 aliphatic heterocycles. The van der Waals surface area contributed by atoms with Crippen LogP contribution in [0.5, 0.6) is 11.5 Å². The molecule has 1 fully saturated rings. The summed E-state index contributed by atoms with van der Waals surface area (Å²) in [6.07, 6.45) is -3.97. The molecule has 0 aliphatic carbocycles. The van der Waals surface area contributed by atoms with Gasteiger partial charge in [-0.25, -0.2) is 4.79 Å². The van der Waals surface area contributed by atoms with Crippen molar-refractivity contribution in [1.29, 1.82) is 0 Å². The predicted octanol–water partition coefficient (Wildman–Crippen LogP) is 3.60. The van der Waals surface area contributed by atoms with Gasteiger partial charge in [-0.3, -0.25) is 0 Å². The topological polar surface area (TPSA) is 83.5 Å². The van der Waals surface area contributed by atoms with Crippen molar-refractivity contribution in [3.05, 3.63) is 96.1 Å². The Balaban J connectivity index is 1.48. The zero-order valence-electron chi connectivity index (χ0n) is 18.2. The van der Waals surface area contributed by atoms with Crippen LogP contribution in [0.15, 0.2) is 84.9 Å². The number of carbonyl (C=O) groups excluding carboxylic acids is 1. The lowest BCUT2D eigenvalue weighted by Gasteiger charge is -2.39. The fourth-order valence-electron chi connectivity index (χ4n) is 3.48. The molecule has 0 radical (unpaired) electrons. The van der Waals surface area contributed by atoms with Crippen LogP contribution in [-0.2, 0) is 20.8 Å². The van der Waals surface area contributed by atoms with Crippen molar-refractivity contribution in [2.45, 2.75) is 31.2 Å². The van der Waals surface area contributed by atoms with Gasteiger partial charge in [-0.1, -0.05) is 48.5 Å². The lowest BCUT2D eigenvalue weighted by molar-refractivity contribution is -0.252. The highest BCUT2D eigenvalue weighted by molar-refractivity contribution is 5.89. The largest absolute Gasteiger partial charge is 0.497 e. The molecular weight excluding hydrogens is 424 g/mol. The van der Waals surface area contributed by atoms with Crippen LogP contribution in [0.2, 0.25) is 0 Å². The minimum Gasteiger partial charge on any atom is -0.497 e. The lowest BCUT2D eigenvalue weighted by Crippen LogP contribution is -2.57. The Kier molecular flexibility index (Phi) is 7.57. The van der Waals surface area contributed by atoms with E-state index in [9.17, 15) is 9.90 Å². The molecule has 1 saturated heterocycles. The number of esters is 1. The van der Waals surface area contributed by atoms with E-state index in [0.29, 0.717) is 17.1 Å². The number of aliphatic hydroxyl groups is 1. The molecule has 0 spiro atoms. The standard InChI is InChI=1S/C26H26O7/c1-29-20-12-14-21(15-13-20)32-26-23(27)24(33-25(28)19-10-6-3-7-11-19)22(17-31-26)30-16-18-8-4-2-5-9-18/h2-15,22-24,26-27H,16-17H2,1H3/t22-,23+,24+,26-/m1/s1. The number of rotatable bonds is 8. The van der Waals surface area contributed by atoms with Gasteiger partial charge in [0.25, 0.3) is 0 Å². The summed E-state index contributed by atoms with van der Waals surface area (Å²) in [5, 5.41) is 11.0. The third-order valence-electron chi connectivity index (χ3n) is 5.28. The number of aliphatic hydroxyl groups excluding tert-OH is 1. The maximum atomic E-state index is 12.7. The zero-order chi connectivity index (χ0) is 23.0. The summed E-state index contributed by atoms with van der Waals surface area (Å²) in [6, 6.07) is 25.1. The summed E-state index contributed by atoms with van der Waals surface area (Å²) in [7, 11) is 1.57. The van der Waals surface area contributed by atoms with E-state index in [4.69, 9.17) is 23.7 Å². The molecule has 7 heteroatoms. The first-order valence-electron chi connectivity index (χ1n) is 10.7. The van der Waals surface area contributed by atoms with Crippen molar-refractivity contribution in [3.63, 3.8) is 0 Å². The number of methoxy groups -OCH3 is 1. The van der Waals surface area contributed by atoms with Crippen LogP contribution in [0, 0.1) is 0 Å². The van der Waals surface area contributed by atoms with Gasteiger partial charge in [-0.15, -0.1) is 0 Å². The SMILES string of the molecule is COc1ccc(O[C@H]2OC[C@@H](OCc3ccccc3)[C@H](OC(=O)c3ccccc3)[C@@H]2O)cc1. The average molecular weight is 450 g/mol.